The molecule has 2 aromatic rings. The maximum Gasteiger partial charge on any atom is 0.323 e. The van der Waals surface area contributed by atoms with Crippen LogP contribution in [-0.2, 0) is 10.7 Å². The molecule has 0 aliphatic heterocycles. The van der Waals surface area contributed by atoms with E-state index in [0.717, 1.165) is 4.90 Å². The van der Waals surface area contributed by atoms with Crippen molar-refractivity contribution in [1.82, 2.24) is 0 Å². The van der Waals surface area contributed by atoms with Gasteiger partial charge in [-0.3, -0.25) is 4.79 Å². The van der Waals surface area contributed by atoms with Crippen LogP contribution >= 0.6 is 0 Å². The number of carbonyl (C=O) groups is 1. The number of carboxylic acid groups (broad SMARTS) is 1. The summed E-state index contributed by atoms with van der Waals surface area (Å²) in [6.07, 6.45) is 0. The smallest absolute Gasteiger partial charge is 0.323 e. The number of halogens is 2. The minimum Gasteiger partial charge on any atom is -0.480 e. The van der Waals surface area contributed by atoms with Gasteiger partial charge in [0.15, 0.2) is 0 Å². The number of hydrogen-bond acceptors (Lipinski definition) is 2. The number of benzene rings is 2. The molecule has 2 rings (SSSR count). The van der Waals surface area contributed by atoms with Crippen molar-refractivity contribution in [3.63, 3.8) is 0 Å². The molecule has 0 aliphatic carbocycles. The third-order valence-electron chi connectivity index (χ3n) is 3.03. The summed E-state index contributed by atoms with van der Waals surface area (Å²) in [5.41, 5.74) is 0.326. The van der Waals surface area contributed by atoms with Gasteiger partial charge in [0.1, 0.15) is 6.54 Å². The fraction of sp³-hybridized carbons (Fsp3) is 0.188. The highest BCUT2D eigenvalue weighted by atomic mass is 19.3. The van der Waals surface area contributed by atoms with Crippen LogP contribution in [0.25, 0.3) is 0 Å². The fourth-order valence-electron chi connectivity index (χ4n) is 2.05. The molecule has 0 aliphatic rings. The van der Waals surface area contributed by atoms with Crippen molar-refractivity contribution in [2.75, 3.05) is 18.0 Å². The van der Waals surface area contributed by atoms with Crippen LogP contribution in [0.4, 0.5) is 14.5 Å². The minimum atomic E-state index is -3.13. The van der Waals surface area contributed by atoms with Gasteiger partial charge < -0.3 is 10.0 Å². The summed E-state index contributed by atoms with van der Waals surface area (Å²) >= 11 is 0. The Kier molecular flexibility index (Phi) is 4.52. The molecule has 0 aromatic heterocycles. The molecule has 0 radical (unpaired) electrons. The van der Waals surface area contributed by atoms with E-state index in [-0.39, 0.29) is 5.56 Å². The first-order chi connectivity index (χ1) is 9.99. The molecule has 5 heteroatoms. The van der Waals surface area contributed by atoms with Gasteiger partial charge in [-0.25, -0.2) is 0 Å². The van der Waals surface area contributed by atoms with Crippen LogP contribution in [-0.4, -0.2) is 24.2 Å². The SMILES string of the molecule is O=C(O)CN(CC(F)(F)c1ccccc1)c1ccccc1. The predicted molar refractivity (Wildman–Crippen MR) is 76.6 cm³/mol. The maximum absolute atomic E-state index is 14.3. The molecule has 0 atom stereocenters. The molecule has 0 bridgehead atoms. The Bertz CT molecular complexity index is 588. The zero-order valence-electron chi connectivity index (χ0n) is 11.2. The van der Waals surface area contributed by atoms with E-state index in [4.69, 9.17) is 5.11 Å². The molecule has 0 saturated heterocycles. The summed E-state index contributed by atoms with van der Waals surface area (Å²) < 4.78 is 28.6. The summed E-state index contributed by atoms with van der Waals surface area (Å²) in [4.78, 5) is 12.1. The van der Waals surface area contributed by atoms with Gasteiger partial charge in [0.25, 0.3) is 5.92 Å². The van der Waals surface area contributed by atoms with E-state index < -0.39 is 25.0 Å². The van der Waals surface area contributed by atoms with Crippen LogP contribution in [0.5, 0.6) is 0 Å². The fourth-order valence-corrected chi connectivity index (χ4v) is 2.05. The Morgan fingerprint density at radius 2 is 1.52 bits per heavy atom. The standard InChI is InChI=1S/C16H15F2NO2/c17-16(18,13-7-3-1-4-8-13)12-19(11-15(20)21)14-9-5-2-6-10-14/h1-10H,11-12H2,(H,20,21). The van der Waals surface area contributed by atoms with E-state index in [2.05, 4.69) is 0 Å². The third kappa shape index (κ3) is 4.02. The van der Waals surface area contributed by atoms with Gasteiger partial charge in [0, 0.05) is 11.3 Å². The Hall–Kier alpha value is -2.43. The first-order valence-electron chi connectivity index (χ1n) is 6.44. The molecule has 0 heterocycles. The summed E-state index contributed by atoms with van der Waals surface area (Å²) in [5, 5.41) is 8.93. The van der Waals surface area contributed by atoms with Crippen LogP contribution in [0.1, 0.15) is 5.56 Å². The van der Waals surface area contributed by atoms with E-state index >= 15 is 0 Å². The summed E-state index contributed by atoms with van der Waals surface area (Å²) in [6.45, 7) is -1.17. The lowest BCUT2D eigenvalue weighted by Crippen LogP contribution is -2.38. The van der Waals surface area contributed by atoms with Crippen molar-refractivity contribution in [3.8, 4) is 0 Å². The molecule has 2 aromatic carbocycles. The molecule has 0 amide bonds. The predicted octanol–water partition coefficient (Wildman–Crippen LogP) is 3.37. The molecule has 0 unspecified atom stereocenters. The van der Waals surface area contributed by atoms with Crippen LogP contribution in [0.2, 0.25) is 0 Å². The maximum atomic E-state index is 14.3. The lowest BCUT2D eigenvalue weighted by molar-refractivity contribution is -0.135. The number of rotatable bonds is 6. The molecular formula is C16H15F2NO2. The normalized spacial score (nSPS) is 11.1. The van der Waals surface area contributed by atoms with Crippen LogP contribution in [0.3, 0.4) is 0 Å². The van der Waals surface area contributed by atoms with Gasteiger partial charge in [-0.05, 0) is 12.1 Å². The summed E-state index contributed by atoms with van der Waals surface area (Å²) in [7, 11) is 0. The van der Waals surface area contributed by atoms with Crippen molar-refractivity contribution in [1.29, 1.82) is 0 Å². The molecule has 21 heavy (non-hydrogen) atoms. The first kappa shape index (κ1) is 15.0. The van der Waals surface area contributed by atoms with Gasteiger partial charge in [-0.1, -0.05) is 48.5 Å². The monoisotopic (exact) mass is 291 g/mol. The average Bonchev–Trinajstić information content (AvgIpc) is 2.48. The van der Waals surface area contributed by atoms with E-state index in [1.54, 1.807) is 36.4 Å². The molecule has 0 saturated carbocycles. The van der Waals surface area contributed by atoms with E-state index in [1.807, 2.05) is 0 Å². The van der Waals surface area contributed by atoms with Crippen molar-refractivity contribution < 1.29 is 18.7 Å². The number of aliphatic carboxylic acids is 1. The topological polar surface area (TPSA) is 40.5 Å². The van der Waals surface area contributed by atoms with Gasteiger partial charge >= 0.3 is 5.97 Å². The summed E-state index contributed by atoms with van der Waals surface area (Å²) in [5.74, 6) is -4.28. The van der Waals surface area contributed by atoms with Crippen LogP contribution in [0, 0.1) is 0 Å². The number of carboxylic acids is 1. The molecule has 0 spiro atoms. The Morgan fingerprint density at radius 1 is 1.00 bits per heavy atom. The van der Waals surface area contributed by atoms with Crippen molar-refractivity contribution >= 4 is 11.7 Å². The van der Waals surface area contributed by atoms with Crippen LogP contribution < -0.4 is 4.90 Å². The van der Waals surface area contributed by atoms with E-state index in [0.29, 0.717) is 5.69 Å². The molecule has 3 nitrogen and oxygen atoms in total. The van der Waals surface area contributed by atoms with Crippen LogP contribution in [0.15, 0.2) is 60.7 Å². The van der Waals surface area contributed by atoms with Gasteiger partial charge in [-0.2, -0.15) is 8.78 Å². The Balaban J connectivity index is 2.24. The van der Waals surface area contributed by atoms with Crippen molar-refractivity contribution in [2.45, 2.75) is 5.92 Å². The average molecular weight is 291 g/mol. The number of anilines is 1. The number of alkyl halides is 2. The highest BCUT2D eigenvalue weighted by Gasteiger charge is 2.34. The van der Waals surface area contributed by atoms with Crippen molar-refractivity contribution in [2.24, 2.45) is 0 Å². The summed E-state index contributed by atoms with van der Waals surface area (Å²) in [6, 6.07) is 15.8. The molecule has 110 valence electrons. The Morgan fingerprint density at radius 3 is 2.05 bits per heavy atom. The highest BCUT2D eigenvalue weighted by molar-refractivity contribution is 5.73. The number of nitrogens with zero attached hydrogens (tertiary/aromatic N) is 1. The van der Waals surface area contributed by atoms with Gasteiger partial charge in [-0.15, -0.1) is 0 Å². The van der Waals surface area contributed by atoms with Gasteiger partial charge in [0.05, 0.1) is 6.54 Å². The third-order valence-corrected chi connectivity index (χ3v) is 3.03. The van der Waals surface area contributed by atoms with E-state index in [1.165, 1.54) is 24.3 Å². The largest absolute Gasteiger partial charge is 0.480 e. The number of hydrogen-bond donors (Lipinski definition) is 1. The minimum absolute atomic E-state index is 0.128. The molecule has 1 N–H and O–H groups in total. The van der Waals surface area contributed by atoms with Gasteiger partial charge in [0.2, 0.25) is 0 Å². The quantitative estimate of drug-likeness (QED) is 0.887. The first-order valence-corrected chi connectivity index (χ1v) is 6.44. The Labute approximate surface area is 121 Å². The second-order valence-electron chi connectivity index (χ2n) is 4.66. The molecule has 0 fully saturated rings. The van der Waals surface area contributed by atoms with E-state index in [9.17, 15) is 13.6 Å². The second kappa shape index (κ2) is 6.35. The lowest BCUT2D eigenvalue weighted by atomic mass is 10.1. The lowest BCUT2D eigenvalue weighted by Gasteiger charge is -2.28. The highest BCUT2D eigenvalue weighted by Crippen LogP contribution is 2.30. The zero-order chi connectivity index (χ0) is 15.3. The number of para-hydroxylation sites is 1. The second-order valence-corrected chi connectivity index (χ2v) is 4.66. The zero-order valence-corrected chi connectivity index (χ0v) is 11.2. The molecular weight excluding hydrogens is 276 g/mol. The van der Waals surface area contributed by atoms with Crippen molar-refractivity contribution in [3.05, 3.63) is 66.2 Å².